The molecule has 1 aromatic carbocycles. The molecule has 0 bridgehead atoms. The standard InChI is InChI=1S/C18H23NS/c1-13(19-14(2)18-8-5-11-20-18)16-10-9-15-6-3-4-7-17(15)12-16/h5,8-14,19H,3-4,6-7H2,1-2H3/t13?,14-/m1/s1. The lowest BCUT2D eigenvalue weighted by Gasteiger charge is -2.22. The van der Waals surface area contributed by atoms with Gasteiger partial charge in [-0.15, -0.1) is 11.3 Å². The normalized spacial score (nSPS) is 17.5. The maximum absolute atomic E-state index is 3.72. The zero-order valence-corrected chi connectivity index (χ0v) is 13.2. The van der Waals surface area contributed by atoms with E-state index in [0.29, 0.717) is 12.1 Å². The Morgan fingerprint density at radius 3 is 2.55 bits per heavy atom. The zero-order chi connectivity index (χ0) is 13.9. The summed E-state index contributed by atoms with van der Waals surface area (Å²) in [5, 5.41) is 5.87. The fourth-order valence-electron chi connectivity index (χ4n) is 3.11. The molecule has 1 unspecified atom stereocenters. The topological polar surface area (TPSA) is 12.0 Å². The Kier molecular flexibility index (Phi) is 4.23. The summed E-state index contributed by atoms with van der Waals surface area (Å²) in [6.45, 7) is 4.52. The van der Waals surface area contributed by atoms with Crippen molar-refractivity contribution in [3.8, 4) is 0 Å². The Balaban J connectivity index is 1.72. The van der Waals surface area contributed by atoms with E-state index >= 15 is 0 Å². The number of fused-ring (bicyclic) bond motifs is 1. The van der Waals surface area contributed by atoms with E-state index in [1.807, 2.05) is 11.3 Å². The maximum atomic E-state index is 3.72. The summed E-state index contributed by atoms with van der Waals surface area (Å²) in [7, 11) is 0. The first-order valence-electron chi connectivity index (χ1n) is 7.65. The van der Waals surface area contributed by atoms with Gasteiger partial charge in [0.2, 0.25) is 0 Å². The number of hydrogen-bond acceptors (Lipinski definition) is 2. The molecule has 20 heavy (non-hydrogen) atoms. The zero-order valence-electron chi connectivity index (χ0n) is 12.4. The van der Waals surface area contributed by atoms with E-state index in [4.69, 9.17) is 0 Å². The second-order valence-corrected chi connectivity index (χ2v) is 6.84. The lowest BCUT2D eigenvalue weighted by molar-refractivity contribution is 0.499. The van der Waals surface area contributed by atoms with Gasteiger partial charge in [-0.2, -0.15) is 0 Å². The van der Waals surface area contributed by atoms with Crippen LogP contribution in [0.2, 0.25) is 0 Å². The van der Waals surface area contributed by atoms with Gasteiger partial charge in [0.25, 0.3) is 0 Å². The molecule has 0 saturated carbocycles. The summed E-state index contributed by atoms with van der Waals surface area (Å²) in [6, 6.07) is 12.2. The number of hydrogen-bond donors (Lipinski definition) is 1. The van der Waals surface area contributed by atoms with Crippen LogP contribution in [0.5, 0.6) is 0 Å². The molecule has 1 aliphatic carbocycles. The summed E-state index contributed by atoms with van der Waals surface area (Å²) in [5.41, 5.74) is 4.57. The van der Waals surface area contributed by atoms with Gasteiger partial charge in [0.15, 0.2) is 0 Å². The highest BCUT2D eigenvalue weighted by molar-refractivity contribution is 7.10. The molecule has 1 aromatic heterocycles. The lowest BCUT2D eigenvalue weighted by Crippen LogP contribution is -2.22. The summed E-state index contributed by atoms with van der Waals surface area (Å²) < 4.78 is 0. The van der Waals surface area contributed by atoms with Crippen molar-refractivity contribution in [1.29, 1.82) is 0 Å². The molecule has 0 spiro atoms. The van der Waals surface area contributed by atoms with E-state index in [9.17, 15) is 0 Å². The van der Waals surface area contributed by atoms with Gasteiger partial charge in [0, 0.05) is 17.0 Å². The monoisotopic (exact) mass is 285 g/mol. The van der Waals surface area contributed by atoms with Crippen LogP contribution in [0.4, 0.5) is 0 Å². The molecule has 0 radical (unpaired) electrons. The number of aryl methyl sites for hydroxylation is 2. The molecule has 1 aliphatic rings. The van der Waals surface area contributed by atoms with Crippen molar-refractivity contribution < 1.29 is 0 Å². The highest BCUT2D eigenvalue weighted by atomic mass is 32.1. The molecule has 1 heterocycles. The molecule has 0 fully saturated rings. The van der Waals surface area contributed by atoms with Crippen molar-refractivity contribution in [2.24, 2.45) is 0 Å². The van der Waals surface area contributed by atoms with E-state index in [0.717, 1.165) is 0 Å². The molecule has 2 atom stereocenters. The molecule has 0 amide bonds. The Bertz CT molecular complexity index is 559. The summed E-state index contributed by atoms with van der Waals surface area (Å²) in [6.07, 6.45) is 5.23. The van der Waals surface area contributed by atoms with Gasteiger partial charge in [-0.05, 0) is 67.7 Å². The predicted octanol–water partition coefficient (Wildman–Crippen LogP) is 5.04. The summed E-state index contributed by atoms with van der Waals surface area (Å²) >= 11 is 1.83. The summed E-state index contributed by atoms with van der Waals surface area (Å²) in [4.78, 5) is 1.41. The van der Waals surface area contributed by atoms with Crippen LogP contribution in [0.3, 0.4) is 0 Å². The van der Waals surface area contributed by atoms with Crippen LogP contribution in [0.1, 0.15) is 60.3 Å². The highest BCUT2D eigenvalue weighted by Crippen LogP contribution is 2.27. The van der Waals surface area contributed by atoms with Crippen molar-refractivity contribution in [3.63, 3.8) is 0 Å². The maximum Gasteiger partial charge on any atom is 0.0391 e. The smallest absolute Gasteiger partial charge is 0.0391 e. The van der Waals surface area contributed by atoms with Crippen LogP contribution in [0.25, 0.3) is 0 Å². The van der Waals surface area contributed by atoms with Gasteiger partial charge in [-0.3, -0.25) is 0 Å². The number of nitrogens with one attached hydrogen (secondary N) is 1. The predicted molar refractivity (Wildman–Crippen MR) is 87.4 cm³/mol. The first kappa shape index (κ1) is 13.8. The largest absolute Gasteiger partial charge is 0.303 e. The molecule has 1 N–H and O–H groups in total. The van der Waals surface area contributed by atoms with E-state index in [1.54, 1.807) is 11.1 Å². The third-order valence-corrected chi connectivity index (χ3v) is 5.40. The van der Waals surface area contributed by atoms with Crippen molar-refractivity contribution in [2.45, 2.75) is 51.6 Å². The van der Waals surface area contributed by atoms with E-state index in [2.05, 4.69) is 54.9 Å². The minimum atomic E-state index is 0.402. The quantitative estimate of drug-likeness (QED) is 0.830. The average Bonchev–Trinajstić information content (AvgIpc) is 3.01. The summed E-state index contributed by atoms with van der Waals surface area (Å²) in [5.74, 6) is 0. The van der Waals surface area contributed by atoms with Crippen LogP contribution >= 0.6 is 11.3 Å². The minimum absolute atomic E-state index is 0.402. The van der Waals surface area contributed by atoms with Crippen LogP contribution in [-0.4, -0.2) is 0 Å². The Labute approximate surface area is 126 Å². The number of thiophene rings is 1. The van der Waals surface area contributed by atoms with E-state index < -0.39 is 0 Å². The van der Waals surface area contributed by atoms with Gasteiger partial charge in [-0.1, -0.05) is 24.3 Å². The molecule has 0 saturated heterocycles. The Morgan fingerprint density at radius 1 is 1.00 bits per heavy atom. The van der Waals surface area contributed by atoms with Gasteiger partial charge < -0.3 is 5.32 Å². The molecular formula is C18H23NS. The third kappa shape index (κ3) is 2.97. The van der Waals surface area contributed by atoms with Gasteiger partial charge in [0.1, 0.15) is 0 Å². The molecule has 2 aromatic rings. The van der Waals surface area contributed by atoms with Crippen LogP contribution in [0, 0.1) is 0 Å². The Hall–Kier alpha value is -1.12. The Morgan fingerprint density at radius 2 is 1.80 bits per heavy atom. The molecule has 1 nitrogen and oxygen atoms in total. The minimum Gasteiger partial charge on any atom is -0.303 e. The first-order valence-corrected chi connectivity index (χ1v) is 8.53. The van der Waals surface area contributed by atoms with Crippen LogP contribution < -0.4 is 5.32 Å². The van der Waals surface area contributed by atoms with Crippen molar-refractivity contribution in [3.05, 3.63) is 57.3 Å². The lowest BCUT2D eigenvalue weighted by atomic mass is 9.89. The fourth-order valence-corrected chi connectivity index (χ4v) is 3.86. The number of benzene rings is 1. The van der Waals surface area contributed by atoms with Gasteiger partial charge in [-0.25, -0.2) is 0 Å². The second kappa shape index (κ2) is 6.11. The molecule has 0 aliphatic heterocycles. The van der Waals surface area contributed by atoms with Crippen molar-refractivity contribution in [1.82, 2.24) is 5.32 Å². The van der Waals surface area contributed by atoms with E-state index in [1.165, 1.54) is 36.1 Å². The van der Waals surface area contributed by atoms with E-state index in [-0.39, 0.29) is 0 Å². The first-order chi connectivity index (χ1) is 9.74. The SMILES string of the molecule is CC(N[C@H](C)c1cccs1)c1ccc2c(c1)CCCC2. The van der Waals surface area contributed by atoms with Crippen molar-refractivity contribution in [2.75, 3.05) is 0 Å². The number of rotatable bonds is 4. The third-order valence-electron chi connectivity index (χ3n) is 4.34. The molecule has 106 valence electrons. The van der Waals surface area contributed by atoms with Gasteiger partial charge in [0.05, 0.1) is 0 Å². The molecule has 3 rings (SSSR count). The van der Waals surface area contributed by atoms with Crippen LogP contribution in [-0.2, 0) is 12.8 Å². The fraction of sp³-hybridized carbons (Fsp3) is 0.444. The van der Waals surface area contributed by atoms with Gasteiger partial charge >= 0.3 is 0 Å². The molecule has 2 heteroatoms. The highest BCUT2D eigenvalue weighted by Gasteiger charge is 2.15. The molecular weight excluding hydrogens is 262 g/mol. The second-order valence-electron chi connectivity index (χ2n) is 5.86. The average molecular weight is 285 g/mol. The van der Waals surface area contributed by atoms with Crippen LogP contribution in [0.15, 0.2) is 35.7 Å². The van der Waals surface area contributed by atoms with Crippen molar-refractivity contribution >= 4 is 11.3 Å².